The summed E-state index contributed by atoms with van der Waals surface area (Å²) < 4.78 is 31.8. The average Bonchev–Trinajstić information content (AvgIpc) is 3.41. The number of sulfonamides is 1. The van der Waals surface area contributed by atoms with Crippen molar-refractivity contribution in [2.75, 3.05) is 39.0 Å². The summed E-state index contributed by atoms with van der Waals surface area (Å²) in [6.07, 6.45) is -3.75. The van der Waals surface area contributed by atoms with Gasteiger partial charge in [-0.2, -0.15) is 4.31 Å². The van der Waals surface area contributed by atoms with Crippen molar-refractivity contribution in [2.24, 2.45) is 0 Å². The van der Waals surface area contributed by atoms with Gasteiger partial charge in [0.05, 0.1) is 24.8 Å². The van der Waals surface area contributed by atoms with Crippen LogP contribution in [0.4, 0.5) is 0 Å². The predicted molar refractivity (Wildman–Crippen MR) is 139 cm³/mol. The molecule has 4 saturated heterocycles. The van der Waals surface area contributed by atoms with Crippen molar-refractivity contribution in [1.82, 2.24) is 24.7 Å². The van der Waals surface area contributed by atoms with Gasteiger partial charge >= 0.3 is 0 Å². The number of aromatic hydroxyl groups is 1. The summed E-state index contributed by atoms with van der Waals surface area (Å²) in [6, 6.07) is 4.40. The number of benzene rings is 1. The molecular formula is C25H35N5O9S. The molecule has 40 heavy (non-hydrogen) atoms. The van der Waals surface area contributed by atoms with Crippen LogP contribution in [0.2, 0.25) is 0 Å². The number of likely N-dealkylation sites (tertiary alicyclic amines) is 1. The van der Waals surface area contributed by atoms with Crippen LogP contribution in [0.1, 0.15) is 18.4 Å². The number of amides is 3. The molecule has 0 aliphatic carbocycles. The van der Waals surface area contributed by atoms with Gasteiger partial charge < -0.3 is 35.6 Å². The van der Waals surface area contributed by atoms with Crippen molar-refractivity contribution in [2.45, 2.75) is 61.9 Å². The summed E-state index contributed by atoms with van der Waals surface area (Å²) in [7, 11) is -3.79. The van der Waals surface area contributed by atoms with Gasteiger partial charge in [0, 0.05) is 50.9 Å². The number of hydrogen-bond acceptors (Lipinski definition) is 10. The second-order valence-corrected chi connectivity index (χ2v) is 12.8. The molecule has 5 N–H and O–H groups in total. The smallest absolute Gasteiger partial charge is 0.240 e. The first kappa shape index (κ1) is 28.7. The molecule has 15 heteroatoms. The highest BCUT2D eigenvalue weighted by molar-refractivity contribution is 7.88. The van der Waals surface area contributed by atoms with Crippen LogP contribution in [-0.2, 0) is 35.7 Å². The number of aliphatic hydroxyl groups excluding tert-OH is 2. The Morgan fingerprint density at radius 1 is 1.02 bits per heavy atom. The summed E-state index contributed by atoms with van der Waals surface area (Å²) in [6.45, 7) is 0.0974. The van der Waals surface area contributed by atoms with Gasteiger partial charge in [0.25, 0.3) is 0 Å². The van der Waals surface area contributed by atoms with Crippen molar-refractivity contribution >= 4 is 27.7 Å². The van der Waals surface area contributed by atoms with E-state index < -0.39 is 64.4 Å². The Kier molecular flexibility index (Phi) is 8.05. The largest absolute Gasteiger partial charge is 0.508 e. The van der Waals surface area contributed by atoms with Gasteiger partial charge in [0.15, 0.2) is 0 Å². The number of nitrogens with zero attached hydrogens (tertiary/aromatic N) is 3. The number of fused-ring (bicyclic) bond motifs is 6. The molecule has 0 radical (unpaired) electrons. The number of piperazine rings is 1. The maximum atomic E-state index is 13.9. The molecular weight excluding hydrogens is 546 g/mol. The molecule has 220 valence electrons. The Morgan fingerprint density at radius 2 is 1.75 bits per heavy atom. The maximum Gasteiger partial charge on any atom is 0.240 e. The predicted octanol–water partition coefficient (Wildman–Crippen LogP) is -3.07. The number of nitrogens with one attached hydrogen (secondary N) is 2. The Hall–Kier alpha value is -2.82. The van der Waals surface area contributed by atoms with E-state index in [-0.39, 0.29) is 57.2 Å². The van der Waals surface area contributed by atoms with E-state index in [0.29, 0.717) is 12.1 Å². The fraction of sp³-hybridized carbons (Fsp3) is 0.640. The molecule has 7 atom stereocenters. The third-order valence-corrected chi connectivity index (χ3v) is 9.40. The van der Waals surface area contributed by atoms with E-state index in [0.717, 1.165) is 10.6 Å². The van der Waals surface area contributed by atoms with E-state index in [9.17, 15) is 38.1 Å². The van der Waals surface area contributed by atoms with E-state index in [4.69, 9.17) is 4.74 Å². The number of phenolic OH excluding ortho intramolecular Hbond substituents is 1. The van der Waals surface area contributed by atoms with Gasteiger partial charge in [-0.05, 0) is 12.5 Å². The zero-order chi connectivity index (χ0) is 28.8. The highest BCUT2D eigenvalue weighted by atomic mass is 32.2. The van der Waals surface area contributed by atoms with Crippen LogP contribution in [0.15, 0.2) is 24.3 Å². The van der Waals surface area contributed by atoms with E-state index in [2.05, 4.69) is 10.6 Å². The Balaban J connectivity index is 1.45. The minimum Gasteiger partial charge on any atom is -0.508 e. The lowest BCUT2D eigenvalue weighted by Gasteiger charge is -2.40. The number of carbonyl (C=O) groups is 3. The minimum absolute atomic E-state index is 0.0681. The molecule has 4 heterocycles. The molecule has 0 spiro atoms. The number of hydrogen-bond donors (Lipinski definition) is 5. The molecule has 5 rings (SSSR count). The van der Waals surface area contributed by atoms with Crippen LogP contribution in [0, 0.1) is 0 Å². The Morgan fingerprint density at radius 3 is 2.48 bits per heavy atom. The summed E-state index contributed by atoms with van der Waals surface area (Å²) in [5, 5.41) is 36.8. The quantitative estimate of drug-likeness (QED) is 0.245. The van der Waals surface area contributed by atoms with Crippen LogP contribution in [0.3, 0.4) is 0 Å². The Labute approximate surface area is 231 Å². The zero-order valence-corrected chi connectivity index (χ0v) is 22.9. The van der Waals surface area contributed by atoms with E-state index in [1.54, 1.807) is 24.3 Å². The van der Waals surface area contributed by atoms with Crippen LogP contribution < -0.4 is 10.6 Å². The number of carbonyl (C=O) groups excluding carboxylic acids is 3. The molecule has 1 aromatic rings. The van der Waals surface area contributed by atoms with Crippen LogP contribution in [0.25, 0.3) is 0 Å². The number of aliphatic hydroxyl groups is 2. The fourth-order valence-corrected chi connectivity index (χ4v) is 7.08. The number of phenols is 1. The van der Waals surface area contributed by atoms with Gasteiger partial charge in [0.2, 0.25) is 27.7 Å². The van der Waals surface area contributed by atoms with Crippen molar-refractivity contribution in [3.8, 4) is 5.75 Å². The van der Waals surface area contributed by atoms with Gasteiger partial charge in [-0.25, -0.2) is 8.42 Å². The number of rotatable bonds is 3. The zero-order valence-electron chi connectivity index (χ0n) is 22.0. The molecule has 0 aromatic heterocycles. The fourth-order valence-electron chi connectivity index (χ4n) is 6.04. The lowest BCUT2D eigenvalue weighted by molar-refractivity contribution is -0.140. The molecule has 4 aliphatic heterocycles. The first-order valence-electron chi connectivity index (χ1n) is 13.3. The van der Waals surface area contributed by atoms with Gasteiger partial charge in [-0.1, -0.05) is 18.2 Å². The maximum absolute atomic E-state index is 13.9. The molecule has 4 fully saturated rings. The van der Waals surface area contributed by atoms with E-state index in [1.165, 1.54) is 4.90 Å². The average molecular weight is 582 g/mol. The van der Waals surface area contributed by atoms with E-state index in [1.807, 2.05) is 4.90 Å². The summed E-state index contributed by atoms with van der Waals surface area (Å²) in [4.78, 5) is 43.3. The summed E-state index contributed by atoms with van der Waals surface area (Å²) in [5.74, 6) is -1.33. The molecule has 4 aliphatic rings. The van der Waals surface area contributed by atoms with Crippen molar-refractivity contribution < 1.29 is 42.9 Å². The second-order valence-electron chi connectivity index (χ2n) is 10.9. The SMILES string of the molecule is CS(=O)(=O)N1CCN2C[C@H]1C(=O)NC[C@H]1O[C@@H](CC(=O)N[C@H]3C[C@@H](C2=O)N(Cc2ccccc2O)C3)[C@H](O)[C@@H]1O. The lowest BCUT2D eigenvalue weighted by Crippen LogP contribution is -2.63. The topological polar surface area (TPSA) is 189 Å². The lowest BCUT2D eigenvalue weighted by atomic mass is 10.0. The second kappa shape index (κ2) is 11.2. The molecule has 0 saturated carbocycles. The summed E-state index contributed by atoms with van der Waals surface area (Å²) >= 11 is 0. The number of para-hydroxylation sites is 1. The van der Waals surface area contributed by atoms with Crippen LogP contribution in [0.5, 0.6) is 5.75 Å². The third kappa shape index (κ3) is 5.80. The van der Waals surface area contributed by atoms with E-state index >= 15 is 0 Å². The number of ether oxygens (including phenoxy) is 1. The van der Waals surface area contributed by atoms with Crippen molar-refractivity contribution in [3.05, 3.63) is 29.8 Å². The van der Waals surface area contributed by atoms with Crippen LogP contribution >= 0.6 is 0 Å². The molecule has 6 bridgehead atoms. The highest BCUT2D eigenvalue weighted by Gasteiger charge is 2.47. The Bertz CT molecular complexity index is 1260. The highest BCUT2D eigenvalue weighted by Crippen LogP contribution is 2.28. The third-order valence-electron chi connectivity index (χ3n) is 8.12. The standard InChI is InChI=1S/C25H35N5O9S/c1-40(37,38)30-7-6-28-13-17(30)24(35)26-10-20-23(34)22(33)19(39-20)9-21(32)27-15-8-16(25(28)36)29(12-15)11-14-4-2-3-5-18(14)31/h2-5,15-17,19-20,22-23,31,33-34H,6-13H2,1H3,(H,26,35)(H,27,32)/t15-,16-,17-,19-,20+,22-,23+/m0/s1. The normalized spacial score (nSPS) is 34.5. The van der Waals surface area contributed by atoms with Crippen molar-refractivity contribution in [1.29, 1.82) is 0 Å². The summed E-state index contributed by atoms with van der Waals surface area (Å²) in [5.41, 5.74) is 0.597. The first-order valence-corrected chi connectivity index (χ1v) is 15.1. The molecule has 1 aromatic carbocycles. The molecule has 0 unspecified atom stereocenters. The van der Waals surface area contributed by atoms with Crippen molar-refractivity contribution in [3.63, 3.8) is 0 Å². The first-order chi connectivity index (χ1) is 18.9. The molecule has 3 amide bonds. The minimum atomic E-state index is -3.79. The van der Waals surface area contributed by atoms with Gasteiger partial charge in [-0.15, -0.1) is 0 Å². The monoisotopic (exact) mass is 581 g/mol. The molecule has 14 nitrogen and oxygen atoms in total. The van der Waals surface area contributed by atoms with Gasteiger partial charge in [0.1, 0.15) is 30.1 Å². The van der Waals surface area contributed by atoms with Gasteiger partial charge in [-0.3, -0.25) is 19.3 Å². The van der Waals surface area contributed by atoms with Crippen LogP contribution in [-0.4, -0.2) is 137 Å².